The van der Waals surface area contributed by atoms with Gasteiger partial charge in [0.05, 0.1) is 16.3 Å². The lowest BCUT2D eigenvalue weighted by molar-refractivity contribution is 0.0696. The molecule has 0 aromatic heterocycles. The maximum Gasteiger partial charge on any atom is 0.335 e. The lowest BCUT2D eigenvalue weighted by Gasteiger charge is -2.02. The van der Waals surface area contributed by atoms with Gasteiger partial charge in [-0.3, -0.25) is 0 Å². The Bertz CT molecular complexity index is 314. The van der Waals surface area contributed by atoms with Crippen molar-refractivity contribution in [1.29, 1.82) is 0 Å². The maximum atomic E-state index is 10.4. The minimum Gasteiger partial charge on any atom is -0.506 e. The van der Waals surface area contributed by atoms with Crippen LogP contribution >= 0.6 is 11.6 Å². The van der Waals surface area contributed by atoms with Crippen LogP contribution in [0.15, 0.2) is 12.1 Å². The van der Waals surface area contributed by atoms with Crippen LogP contribution in [0.4, 0.5) is 5.69 Å². The number of benzene rings is 1. The first-order valence-electron chi connectivity index (χ1n) is 3.03. The second-order valence-electron chi connectivity index (χ2n) is 2.20. The van der Waals surface area contributed by atoms with Crippen molar-refractivity contribution in [2.75, 3.05) is 5.73 Å². The number of carbonyl (C=O) groups is 1. The third kappa shape index (κ3) is 1.43. The van der Waals surface area contributed by atoms with Gasteiger partial charge in [-0.2, -0.15) is 0 Å². The summed E-state index contributed by atoms with van der Waals surface area (Å²) in [5, 5.41) is 17.6. The molecule has 0 radical (unpaired) electrons. The summed E-state index contributed by atoms with van der Waals surface area (Å²) < 4.78 is 0. The van der Waals surface area contributed by atoms with E-state index in [-0.39, 0.29) is 22.0 Å². The molecule has 0 aliphatic rings. The standard InChI is InChI=1S/C7H6ClNO3/c8-4-1-3(7(11)12)2-5(10)6(4)9/h1-2,10H,9H2,(H,11,12). The summed E-state index contributed by atoms with van der Waals surface area (Å²) in [6.07, 6.45) is 0. The molecule has 0 heterocycles. The van der Waals surface area contributed by atoms with E-state index < -0.39 is 5.97 Å². The van der Waals surface area contributed by atoms with Gasteiger partial charge in [0.15, 0.2) is 0 Å². The summed E-state index contributed by atoms with van der Waals surface area (Å²) in [5.41, 5.74) is 5.17. The fourth-order valence-corrected chi connectivity index (χ4v) is 0.941. The van der Waals surface area contributed by atoms with E-state index in [1.807, 2.05) is 0 Å². The highest BCUT2D eigenvalue weighted by molar-refractivity contribution is 6.33. The van der Waals surface area contributed by atoms with Gasteiger partial charge in [-0.1, -0.05) is 11.6 Å². The van der Waals surface area contributed by atoms with Crippen molar-refractivity contribution in [2.24, 2.45) is 0 Å². The van der Waals surface area contributed by atoms with Gasteiger partial charge in [-0.15, -0.1) is 0 Å². The number of phenols is 1. The number of hydrogen-bond donors (Lipinski definition) is 3. The molecule has 0 fully saturated rings. The Balaban J connectivity index is 3.31. The number of aromatic carboxylic acids is 1. The first kappa shape index (κ1) is 8.67. The number of halogens is 1. The number of carboxylic acids is 1. The van der Waals surface area contributed by atoms with Gasteiger partial charge in [0.2, 0.25) is 0 Å². The monoisotopic (exact) mass is 187 g/mol. The van der Waals surface area contributed by atoms with Crippen LogP contribution in [0, 0.1) is 0 Å². The molecule has 0 bridgehead atoms. The fraction of sp³-hybridized carbons (Fsp3) is 0. The quantitative estimate of drug-likeness (QED) is 0.458. The summed E-state index contributed by atoms with van der Waals surface area (Å²) >= 11 is 5.51. The molecular formula is C7H6ClNO3. The van der Waals surface area contributed by atoms with Gasteiger partial charge in [0.1, 0.15) is 5.75 Å². The highest BCUT2D eigenvalue weighted by atomic mass is 35.5. The van der Waals surface area contributed by atoms with Gasteiger partial charge in [-0.25, -0.2) is 4.79 Å². The Morgan fingerprint density at radius 2 is 2.08 bits per heavy atom. The van der Waals surface area contributed by atoms with E-state index in [4.69, 9.17) is 27.5 Å². The van der Waals surface area contributed by atoms with Crippen molar-refractivity contribution in [3.8, 4) is 5.75 Å². The highest BCUT2D eigenvalue weighted by Crippen LogP contribution is 2.29. The minimum absolute atomic E-state index is 0.0123. The summed E-state index contributed by atoms with van der Waals surface area (Å²) in [6.45, 7) is 0. The van der Waals surface area contributed by atoms with Crippen molar-refractivity contribution in [3.63, 3.8) is 0 Å². The Morgan fingerprint density at radius 1 is 1.50 bits per heavy atom. The van der Waals surface area contributed by atoms with Crippen LogP contribution in [0.5, 0.6) is 5.75 Å². The Hall–Kier alpha value is -1.42. The third-order valence-corrected chi connectivity index (χ3v) is 1.67. The van der Waals surface area contributed by atoms with Crippen LogP contribution in [-0.4, -0.2) is 16.2 Å². The number of carboxylic acid groups (broad SMARTS) is 1. The SMILES string of the molecule is Nc1c(O)cc(C(=O)O)cc1Cl. The average molecular weight is 188 g/mol. The topological polar surface area (TPSA) is 83.5 Å². The second-order valence-corrected chi connectivity index (χ2v) is 2.60. The van der Waals surface area contributed by atoms with Gasteiger partial charge in [0.25, 0.3) is 0 Å². The molecule has 4 nitrogen and oxygen atoms in total. The molecule has 1 rings (SSSR count). The number of nitrogen functional groups attached to an aromatic ring is 1. The molecule has 0 saturated heterocycles. The first-order chi connectivity index (χ1) is 5.52. The first-order valence-corrected chi connectivity index (χ1v) is 3.41. The smallest absolute Gasteiger partial charge is 0.335 e. The summed E-state index contributed by atoms with van der Waals surface area (Å²) in [5.74, 6) is -1.48. The molecule has 0 saturated carbocycles. The molecule has 0 amide bonds. The van der Waals surface area contributed by atoms with E-state index in [2.05, 4.69) is 0 Å². The predicted molar refractivity (Wildman–Crippen MR) is 44.5 cm³/mol. The van der Waals surface area contributed by atoms with Crippen LogP contribution in [0.2, 0.25) is 5.02 Å². The van der Waals surface area contributed by atoms with Crippen molar-refractivity contribution in [3.05, 3.63) is 22.7 Å². The van der Waals surface area contributed by atoms with E-state index >= 15 is 0 Å². The summed E-state index contributed by atoms with van der Waals surface area (Å²) in [4.78, 5) is 10.4. The number of anilines is 1. The number of phenolic OH excluding ortho intramolecular Hbond substituents is 1. The molecule has 0 aliphatic carbocycles. The molecule has 0 unspecified atom stereocenters. The van der Waals surface area contributed by atoms with Crippen molar-refractivity contribution < 1.29 is 15.0 Å². The molecule has 1 aromatic rings. The molecule has 5 heteroatoms. The average Bonchev–Trinajstić information content (AvgIpc) is 1.99. The predicted octanol–water partition coefficient (Wildman–Crippen LogP) is 1.33. The molecule has 0 spiro atoms. The largest absolute Gasteiger partial charge is 0.506 e. The fourth-order valence-electron chi connectivity index (χ4n) is 0.727. The van der Waals surface area contributed by atoms with Crippen LogP contribution in [0.1, 0.15) is 10.4 Å². The van der Waals surface area contributed by atoms with Crippen LogP contribution < -0.4 is 5.73 Å². The second kappa shape index (κ2) is 2.91. The van der Waals surface area contributed by atoms with Gasteiger partial charge >= 0.3 is 5.97 Å². The van der Waals surface area contributed by atoms with E-state index in [1.54, 1.807) is 0 Å². The normalized spacial score (nSPS) is 9.75. The molecule has 4 N–H and O–H groups in total. The zero-order chi connectivity index (χ0) is 9.30. The molecule has 0 aliphatic heterocycles. The van der Waals surface area contributed by atoms with Gasteiger partial charge < -0.3 is 15.9 Å². The van der Waals surface area contributed by atoms with Crippen molar-refractivity contribution >= 4 is 23.3 Å². The Labute approximate surface area is 73.2 Å². The Morgan fingerprint density at radius 3 is 2.50 bits per heavy atom. The Kier molecular flexibility index (Phi) is 2.10. The zero-order valence-electron chi connectivity index (χ0n) is 5.91. The third-order valence-electron chi connectivity index (χ3n) is 1.35. The van der Waals surface area contributed by atoms with Gasteiger partial charge in [0, 0.05) is 0 Å². The van der Waals surface area contributed by atoms with Crippen molar-refractivity contribution in [2.45, 2.75) is 0 Å². The maximum absolute atomic E-state index is 10.4. The minimum atomic E-state index is -1.16. The number of nitrogens with two attached hydrogens (primary N) is 1. The van der Waals surface area contributed by atoms with Crippen LogP contribution in [0.25, 0.3) is 0 Å². The van der Waals surface area contributed by atoms with E-state index in [0.717, 1.165) is 6.07 Å². The van der Waals surface area contributed by atoms with Crippen LogP contribution in [0.3, 0.4) is 0 Å². The van der Waals surface area contributed by atoms with E-state index in [0.29, 0.717) is 0 Å². The number of aromatic hydroxyl groups is 1. The highest BCUT2D eigenvalue weighted by Gasteiger charge is 2.09. The van der Waals surface area contributed by atoms with Gasteiger partial charge in [-0.05, 0) is 12.1 Å². The lowest BCUT2D eigenvalue weighted by Crippen LogP contribution is -1.97. The summed E-state index contributed by atoms with van der Waals surface area (Å²) in [6, 6.07) is 2.22. The molecule has 0 atom stereocenters. The molecular weight excluding hydrogens is 182 g/mol. The molecule has 1 aromatic carbocycles. The van der Waals surface area contributed by atoms with E-state index in [9.17, 15) is 4.79 Å². The number of rotatable bonds is 1. The zero-order valence-corrected chi connectivity index (χ0v) is 6.67. The molecule has 12 heavy (non-hydrogen) atoms. The van der Waals surface area contributed by atoms with E-state index in [1.165, 1.54) is 6.07 Å². The summed E-state index contributed by atoms with van der Waals surface area (Å²) in [7, 11) is 0. The molecule has 64 valence electrons. The van der Waals surface area contributed by atoms with Crippen molar-refractivity contribution in [1.82, 2.24) is 0 Å². The van der Waals surface area contributed by atoms with Crippen LogP contribution in [-0.2, 0) is 0 Å². The number of hydrogen-bond acceptors (Lipinski definition) is 3. The lowest BCUT2D eigenvalue weighted by atomic mass is 10.2.